The van der Waals surface area contributed by atoms with Gasteiger partial charge in [-0.1, -0.05) is 24.3 Å². The fraction of sp³-hybridized carbons (Fsp3) is 0.538. The molecule has 23 heavy (non-hydrogen) atoms. The average molecular weight is 369 g/mol. The Morgan fingerprint density at radius 1 is 1.30 bits per heavy atom. The van der Waals surface area contributed by atoms with Crippen LogP contribution in [0.5, 0.6) is 0 Å². The highest BCUT2D eigenvalue weighted by Crippen LogP contribution is 2.65. The van der Waals surface area contributed by atoms with Gasteiger partial charge in [0.1, 0.15) is 0 Å². The molecular formula is C13H18ClO8P. The van der Waals surface area contributed by atoms with Gasteiger partial charge in [-0.25, -0.2) is 4.89 Å². The lowest BCUT2D eigenvalue weighted by molar-refractivity contribution is -0.191. The molecule has 0 aliphatic heterocycles. The Balaban J connectivity index is 3.62. The molecule has 0 radical (unpaired) electrons. The number of ether oxygens (including phenoxy) is 2. The molecule has 10 heteroatoms. The van der Waals surface area contributed by atoms with E-state index in [1.807, 2.05) is 0 Å². The van der Waals surface area contributed by atoms with Crippen molar-refractivity contribution in [2.24, 2.45) is 0 Å². The van der Waals surface area contributed by atoms with Gasteiger partial charge in [-0.3, -0.25) is 14.2 Å². The number of rotatable bonds is 7. The van der Waals surface area contributed by atoms with Gasteiger partial charge in [0.15, 0.2) is 0 Å². The van der Waals surface area contributed by atoms with Crippen LogP contribution in [0.25, 0.3) is 0 Å². The molecule has 0 aromatic rings. The second kappa shape index (κ2) is 7.59. The van der Waals surface area contributed by atoms with Gasteiger partial charge in [-0.15, -0.1) is 16.3 Å². The van der Waals surface area contributed by atoms with Crippen LogP contribution in [0.15, 0.2) is 24.3 Å². The van der Waals surface area contributed by atoms with Gasteiger partial charge < -0.3 is 14.4 Å². The molecule has 0 bridgehead atoms. The van der Waals surface area contributed by atoms with Gasteiger partial charge in [0.05, 0.1) is 32.6 Å². The summed E-state index contributed by atoms with van der Waals surface area (Å²) >= 11 is 6.48. The second-order valence-electron chi connectivity index (χ2n) is 4.72. The summed E-state index contributed by atoms with van der Waals surface area (Å²) in [7, 11) is -1.86. The molecule has 1 aliphatic rings. The SMILES string of the molecule is COOP(=O)(O)C(CC(=O)OC)(C(=O)OC)C1(Cl)C=CC=CC1. The van der Waals surface area contributed by atoms with E-state index in [1.54, 1.807) is 12.2 Å². The molecule has 0 heterocycles. The van der Waals surface area contributed by atoms with Crippen LogP contribution in [0.2, 0.25) is 0 Å². The van der Waals surface area contributed by atoms with E-state index in [0.29, 0.717) is 0 Å². The summed E-state index contributed by atoms with van der Waals surface area (Å²) in [6.07, 6.45) is 5.17. The van der Waals surface area contributed by atoms with E-state index in [4.69, 9.17) is 11.6 Å². The van der Waals surface area contributed by atoms with Crippen LogP contribution in [0.1, 0.15) is 12.8 Å². The summed E-state index contributed by atoms with van der Waals surface area (Å²) in [6, 6.07) is 0. The van der Waals surface area contributed by atoms with Gasteiger partial charge >= 0.3 is 19.5 Å². The lowest BCUT2D eigenvalue weighted by atomic mass is 9.82. The van der Waals surface area contributed by atoms with Crippen LogP contribution < -0.4 is 0 Å². The quantitative estimate of drug-likeness (QED) is 0.238. The van der Waals surface area contributed by atoms with Gasteiger partial charge in [0.25, 0.3) is 0 Å². The molecule has 0 amide bonds. The number of hydrogen-bond acceptors (Lipinski definition) is 7. The third-order valence-electron chi connectivity index (χ3n) is 3.52. The predicted octanol–water partition coefficient (Wildman–Crippen LogP) is 1.72. The molecule has 130 valence electrons. The topological polar surface area (TPSA) is 108 Å². The molecule has 8 nitrogen and oxygen atoms in total. The smallest absolute Gasteiger partial charge is 0.375 e. The van der Waals surface area contributed by atoms with E-state index in [-0.39, 0.29) is 6.42 Å². The first-order valence-corrected chi connectivity index (χ1v) is 8.40. The van der Waals surface area contributed by atoms with Crippen molar-refractivity contribution in [3.05, 3.63) is 24.3 Å². The van der Waals surface area contributed by atoms with Gasteiger partial charge in [0, 0.05) is 0 Å². The Morgan fingerprint density at radius 3 is 2.39 bits per heavy atom. The molecule has 1 rings (SSSR count). The zero-order chi connectivity index (χ0) is 17.7. The molecular weight excluding hydrogens is 351 g/mol. The number of carbonyl (C=O) groups is 2. The summed E-state index contributed by atoms with van der Waals surface area (Å²) in [5.74, 6) is -2.13. The maximum Gasteiger partial charge on any atom is 0.375 e. The van der Waals surface area contributed by atoms with Crippen molar-refractivity contribution in [3.63, 3.8) is 0 Å². The molecule has 0 aromatic carbocycles. The number of esters is 2. The first-order valence-electron chi connectivity index (χ1n) is 6.44. The van der Waals surface area contributed by atoms with E-state index in [2.05, 4.69) is 19.0 Å². The molecule has 0 fully saturated rings. The Morgan fingerprint density at radius 2 is 1.96 bits per heavy atom. The largest absolute Gasteiger partial charge is 0.469 e. The molecule has 0 aromatic heterocycles. The minimum atomic E-state index is -4.92. The van der Waals surface area contributed by atoms with Gasteiger partial charge in [-0.05, 0) is 6.42 Å². The number of allylic oxidation sites excluding steroid dienone is 4. The number of carbonyl (C=O) groups excluding carboxylic acids is 2. The van der Waals surface area contributed by atoms with Crippen LogP contribution in [0, 0.1) is 0 Å². The molecule has 0 spiro atoms. The second-order valence-corrected chi connectivity index (χ2v) is 7.35. The minimum absolute atomic E-state index is 0.0191. The third-order valence-corrected chi connectivity index (χ3v) is 6.31. The van der Waals surface area contributed by atoms with Crippen molar-refractivity contribution in [2.45, 2.75) is 22.9 Å². The van der Waals surface area contributed by atoms with E-state index in [1.165, 1.54) is 12.2 Å². The lowest BCUT2D eigenvalue weighted by Crippen LogP contribution is -2.57. The van der Waals surface area contributed by atoms with E-state index >= 15 is 0 Å². The van der Waals surface area contributed by atoms with Crippen LogP contribution in [-0.4, -0.2) is 48.2 Å². The standard InChI is InChI=1S/C13H18ClO8P/c1-19-10(15)9-13(11(16)20-2,23(17,18)22-21-3)12(14)7-5-4-6-8-12/h4-7H,8-9H2,1-3H3,(H,17,18). The van der Waals surface area contributed by atoms with E-state index in [0.717, 1.165) is 21.3 Å². The van der Waals surface area contributed by atoms with Crippen molar-refractivity contribution in [3.8, 4) is 0 Å². The summed E-state index contributed by atoms with van der Waals surface area (Å²) < 4.78 is 26.4. The maximum atomic E-state index is 12.7. The van der Waals surface area contributed by atoms with Crippen molar-refractivity contribution in [1.82, 2.24) is 0 Å². The van der Waals surface area contributed by atoms with Crippen LogP contribution in [0.4, 0.5) is 0 Å². The zero-order valence-electron chi connectivity index (χ0n) is 12.9. The first kappa shape index (κ1) is 19.9. The Hall–Kier alpha value is -1.18. The summed E-state index contributed by atoms with van der Waals surface area (Å²) in [6.45, 7) is 0. The number of methoxy groups -OCH3 is 2. The molecule has 3 atom stereocenters. The Kier molecular flexibility index (Phi) is 6.56. The van der Waals surface area contributed by atoms with Crippen molar-refractivity contribution in [2.75, 3.05) is 21.3 Å². The van der Waals surface area contributed by atoms with Gasteiger partial charge in [0.2, 0.25) is 5.16 Å². The fourth-order valence-corrected chi connectivity index (χ4v) is 4.60. The first-order chi connectivity index (χ1) is 10.7. The van der Waals surface area contributed by atoms with Crippen molar-refractivity contribution < 1.29 is 38.1 Å². The van der Waals surface area contributed by atoms with Crippen LogP contribution in [0.3, 0.4) is 0 Å². The molecule has 0 saturated heterocycles. The Labute approximate surface area is 138 Å². The van der Waals surface area contributed by atoms with Crippen LogP contribution >= 0.6 is 19.2 Å². The monoisotopic (exact) mass is 368 g/mol. The minimum Gasteiger partial charge on any atom is -0.469 e. The average Bonchev–Trinajstić information content (AvgIpc) is 2.51. The highest BCUT2D eigenvalue weighted by Gasteiger charge is 2.69. The summed E-state index contributed by atoms with van der Waals surface area (Å²) in [4.78, 5) is 37.2. The highest BCUT2D eigenvalue weighted by molar-refractivity contribution is 7.56. The predicted molar refractivity (Wildman–Crippen MR) is 80.8 cm³/mol. The summed E-state index contributed by atoms with van der Waals surface area (Å²) in [5.41, 5.74) is 0. The lowest BCUT2D eigenvalue weighted by Gasteiger charge is -2.43. The maximum absolute atomic E-state index is 12.7. The molecule has 1 N–H and O–H groups in total. The zero-order valence-corrected chi connectivity index (χ0v) is 14.5. The normalized spacial score (nSPS) is 25.3. The fourth-order valence-electron chi connectivity index (χ4n) is 2.35. The third kappa shape index (κ3) is 3.51. The van der Waals surface area contributed by atoms with E-state index < -0.39 is 36.0 Å². The van der Waals surface area contributed by atoms with Crippen molar-refractivity contribution in [1.29, 1.82) is 0 Å². The van der Waals surface area contributed by atoms with Crippen LogP contribution in [-0.2, 0) is 33.2 Å². The molecule has 0 saturated carbocycles. The molecule has 3 unspecified atom stereocenters. The number of halogens is 1. The van der Waals surface area contributed by atoms with Gasteiger partial charge in [-0.2, -0.15) is 0 Å². The highest BCUT2D eigenvalue weighted by atomic mass is 35.5. The number of alkyl halides is 1. The summed E-state index contributed by atoms with van der Waals surface area (Å²) in [5, 5.41) is -2.46. The van der Waals surface area contributed by atoms with Crippen molar-refractivity contribution >= 4 is 31.1 Å². The van der Waals surface area contributed by atoms with E-state index in [9.17, 15) is 19.0 Å². The Bertz CT molecular complexity index is 574. The number of hydrogen-bond donors (Lipinski definition) is 1. The molecule has 1 aliphatic carbocycles.